The SMILES string of the molecule is O=C(NCc1ccc(F)cc1F)c1cn2c(c(O)c1=O)C(=O)N1C(C2)[C@H]2CC[C@@H]1CC2. The monoisotopic (exact) mass is 429 g/mol. The summed E-state index contributed by atoms with van der Waals surface area (Å²) in [6, 6.07) is 3.08. The number of aromatic hydroxyl groups is 1. The first-order valence-electron chi connectivity index (χ1n) is 10.4. The number of fused-ring (bicyclic) bond motifs is 3. The topological polar surface area (TPSA) is 91.6 Å². The number of nitrogens with one attached hydrogen (secondary N) is 1. The first kappa shape index (κ1) is 19.7. The Labute approximate surface area is 176 Å². The molecular weight excluding hydrogens is 408 g/mol. The molecule has 1 aromatic carbocycles. The van der Waals surface area contributed by atoms with E-state index in [1.165, 1.54) is 16.8 Å². The molecule has 2 saturated heterocycles. The molecule has 7 nitrogen and oxygen atoms in total. The van der Waals surface area contributed by atoms with Gasteiger partial charge in [0.25, 0.3) is 11.8 Å². The van der Waals surface area contributed by atoms with Crippen molar-refractivity contribution in [1.82, 2.24) is 14.8 Å². The van der Waals surface area contributed by atoms with Crippen LogP contribution in [0.4, 0.5) is 8.78 Å². The predicted molar refractivity (Wildman–Crippen MR) is 106 cm³/mol. The first-order chi connectivity index (χ1) is 14.8. The van der Waals surface area contributed by atoms with E-state index < -0.39 is 28.7 Å². The molecule has 4 aliphatic rings. The second-order valence-electron chi connectivity index (χ2n) is 8.49. The van der Waals surface area contributed by atoms with Crippen LogP contribution in [0.15, 0.2) is 29.2 Å². The van der Waals surface area contributed by atoms with Gasteiger partial charge in [-0.3, -0.25) is 14.4 Å². The van der Waals surface area contributed by atoms with Crippen molar-refractivity contribution < 1.29 is 23.5 Å². The number of carbonyl (C=O) groups excluding carboxylic acids is 2. The third-order valence-corrected chi connectivity index (χ3v) is 6.81. The maximum Gasteiger partial charge on any atom is 0.275 e. The molecule has 1 saturated carbocycles. The minimum absolute atomic E-state index is 0.0152. The van der Waals surface area contributed by atoms with Crippen LogP contribution in [0.3, 0.4) is 0 Å². The summed E-state index contributed by atoms with van der Waals surface area (Å²) >= 11 is 0. The van der Waals surface area contributed by atoms with E-state index >= 15 is 0 Å². The van der Waals surface area contributed by atoms with Crippen molar-refractivity contribution in [3.05, 3.63) is 63.1 Å². The van der Waals surface area contributed by atoms with Gasteiger partial charge in [-0.25, -0.2) is 8.78 Å². The van der Waals surface area contributed by atoms with Gasteiger partial charge in [0.15, 0.2) is 11.4 Å². The minimum atomic E-state index is -0.947. The van der Waals surface area contributed by atoms with Crippen molar-refractivity contribution in [1.29, 1.82) is 0 Å². The molecule has 9 heteroatoms. The standard InChI is InChI=1S/C22H21F2N3O4/c23-13-4-1-12(16(24)7-13)8-25-21(30)15-9-26-10-17-11-2-5-14(6-3-11)27(17)22(31)18(26)20(29)19(15)28/h1,4,7,9,11,14,17,29H,2-3,5-6,8,10H2,(H,25,30)/t11-,14+,17?. The summed E-state index contributed by atoms with van der Waals surface area (Å²) in [7, 11) is 0. The molecule has 2 N–H and O–H groups in total. The number of pyridine rings is 1. The van der Waals surface area contributed by atoms with Crippen molar-refractivity contribution >= 4 is 11.8 Å². The van der Waals surface area contributed by atoms with Crippen LogP contribution >= 0.6 is 0 Å². The summed E-state index contributed by atoms with van der Waals surface area (Å²) in [6.07, 6.45) is 5.23. The number of hydrogen-bond donors (Lipinski definition) is 2. The number of aromatic nitrogens is 1. The molecule has 1 unspecified atom stereocenters. The highest BCUT2D eigenvalue weighted by molar-refractivity contribution is 5.99. The average Bonchev–Trinajstić information content (AvgIpc) is 2.76. The number of halogens is 2. The number of hydrogen-bond acceptors (Lipinski definition) is 4. The Morgan fingerprint density at radius 2 is 1.90 bits per heavy atom. The van der Waals surface area contributed by atoms with Gasteiger partial charge in [-0.1, -0.05) is 6.07 Å². The van der Waals surface area contributed by atoms with Crippen LogP contribution in [0, 0.1) is 17.6 Å². The first-order valence-corrected chi connectivity index (χ1v) is 10.4. The molecule has 0 spiro atoms. The van der Waals surface area contributed by atoms with Gasteiger partial charge in [0.2, 0.25) is 5.43 Å². The van der Waals surface area contributed by atoms with Gasteiger partial charge in [0.05, 0.1) is 6.04 Å². The summed E-state index contributed by atoms with van der Waals surface area (Å²) in [4.78, 5) is 40.2. The molecule has 1 aliphatic carbocycles. The second kappa shape index (κ2) is 7.18. The Kier molecular flexibility index (Phi) is 4.56. The number of piperidine rings is 2. The highest BCUT2D eigenvalue weighted by Gasteiger charge is 2.48. The molecule has 3 fully saturated rings. The lowest BCUT2D eigenvalue weighted by atomic mass is 9.73. The van der Waals surface area contributed by atoms with Crippen LogP contribution in [-0.4, -0.2) is 38.5 Å². The Balaban J connectivity index is 1.44. The minimum Gasteiger partial charge on any atom is -0.503 e. The lowest BCUT2D eigenvalue weighted by Gasteiger charge is -2.53. The van der Waals surface area contributed by atoms with Crippen LogP contribution in [0.1, 0.15) is 52.1 Å². The predicted octanol–water partition coefficient (Wildman–Crippen LogP) is 2.16. The number of carbonyl (C=O) groups is 2. The molecule has 1 aromatic heterocycles. The number of amides is 2. The van der Waals surface area contributed by atoms with E-state index in [-0.39, 0.29) is 41.4 Å². The van der Waals surface area contributed by atoms with Crippen LogP contribution in [0.2, 0.25) is 0 Å². The number of rotatable bonds is 3. The molecule has 162 valence electrons. The molecule has 0 radical (unpaired) electrons. The molecule has 3 aliphatic heterocycles. The van der Waals surface area contributed by atoms with Gasteiger partial charge in [0.1, 0.15) is 17.2 Å². The Hall–Kier alpha value is -3.23. The van der Waals surface area contributed by atoms with Crippen LogP contribution in [0.5, 0.6) is 5.75 Å². The van der Waals surface area contributed by atoms with E-state index in [9.17, 15) is 28.3 Å². The third-order valence-electron chi connectivity index (χ3n) is 6.81. The van der Waals surface area contributed by atoms with Crippen LogP contribution in [-0.2, 0) is 13.1 Å². The zero-order valence-electron chi connectivity index (χ0n) is 16.6. The maximum absolute atomic E-state index is 13.8. The van der Waals surface area contributed by atoms with Crippen molar-refractivity contribution in [2.75, 3.05) is 0 Å². The van der Waals surface area contributed by atoms with Crippen molar-refractivity contribution in [2.45, 2.75) is 50.9 Å². The number of benzene rings is 1. The highest BCUT2D eigenvalue weighted by atomic mass is 19.1. The van der Waals surface area contributed by atoms with Crippen LogP contribution < -0.4 is 10.7 Å². The second-order valence-corrected chi connectivity index (χ2v) is 8.49. The lowest BCUT2D eigenvalue weighted by molar-refractivity contribution is -0.0181. The molecule has 2 amide bonds. The number of nitrogens with zero attached hydrogens (tertiary/aromatic N) is 2. The molecule has 4 heterocycles. The van der Waals surface area contributed by atoms with Crippen molar-refractivity contribution in [3.63, 3.8) is 0 Å². The largest absolute Gasteiger partial charge is 0.503 e. The van der Waals surface area contributed by atoms with E-state index in [1.807, 2.05) is 4.90 Å². The van der Waals surface area contributed by atoms with Crippen LogP contribution in [0.25, 0.3) is 0 Å². The normalized spacial score (nSPS) is 24.0. The Morgan fingerprint density at radius 3 is 2.61 bits per heavy atom. The summed E-state index contributed by atoms with van der Waals surface area (Å²) in [6.45, 7) is 0.148. The quantitative estimate of drug-likeness (QED) is 0.782. The fourth-order valence-electron chi connectivity index (χ4n) is 5.26. The fraction of sp³-hybridized carbons (Fsp3) is 0.409. The lowest BCUT2D eigenvalue weighted by Crippen LogP contribution is -2.61. The molecule has 6 rings (SSSR count). The highest BCUT2D eigenvalue weighted by Crippen LogP contribution is 2.43. The zero-order valence-corrected chi connectivity index (χ0v) is 16.6. The van der Waals surface area contributed by atoms with E-state index in [0.717, 1.165) is 31.7 Å². The van der Waals surface area contributed by atoms with E-state index in [4.69, 9.17) is 0 Å². The molecule has 2 aromatic rings. The zero-order chi connectivity index (χ0) is 21.9. The molecular formula is C22H21F2N3O4. The van der Waals surface area contributed by atoms with Gasteiger partial charge >= 0.3 is 0 Å². The van der Waals surface area contributed by atoms with Gasteiger partial charge in [-0.15, -0.1) is 0 Å². The Bertz CT molecular complexity index is 1150. The van der Waals surface area contributed by atoms with Gasteiger partial charge < -0.3 is 19.9 Å². The smallest absolute Gasteiger partial charge is 0.275 e. The van der Waals surface area contributed by atoms with E-state index in [1.54, 1.807) is 0 Å². The van der Waals surface area contributed by atoms with E-state index in [2.05, 4.69) is 5.32 Å². The van der Waals surface area contributed by atoms with Gasteiger partial charge in [0, 0.05) is 37.0 Å². The van der Waals surface area contributed by atoms with Gasteiger partial charge in [-0.2, -0.15) is 0 Å². The van der Waals surface area contributed by atoms with E-state index in [0.29, 0.717) is 18.5 Å². The molecule has 2 bridgehead atoms. The fourth-order valence-corrected chi connectivity index (χ4v) is 5.26. The molecule has 31 heavy (non-hydrogen) atoms. The average molecular weight is 429 g/mol. The summed E-state index contributed by atoms with van der Waals surface area (Å²) in [5.74, 6) is -3.11. The summed E-state index contributed by atoms with van der Waals surface area (Å²) < 4.78 is 28.3. The third kappa shape index (κ3) is 3.10. The Morgan fingerprint density at radius 1 is 1.16 bits per heavy atom. The summed E-state index contributed by atoms with van der Waals surface area (Å²) in [5, 5.41) is 12.9. The summed E-state index contributed by atoms with van der Waals surface area (Å²) in [5.41, 5.74) is -1.31. The maximum atomic E-state index is 13.8. The van der Waals surface area contributed by atoms with Crippen molar-refractivity contribution in [3.8, 4) is 5.75 Å². The molecule has 1 atom stereocenters. The van der Waals surface area contributed by atoms with Crippen molar-refractivity contribution in [2.24, 2.45) is 5.92 Å². The van der Waals surface area contributed by atoms with Gasteiger partial charge in [-0.05, 0) is 37.7 Å².